The van der Waals surface area contributed by atoms with Gasteiger partial charge in [0.2, 0.25) is 0 Å². The first-order valence-electron chi connectivity index (χ1n) is 7.08. The highest BCUT2D eigenvalue weighted by molar-refractivity contribution is 5.24. The van der Waals surface area contributed by atoms with Crippen LogP contribution >= 0.6 is 0 Å². The summed E-state index contributed by atoms with van der Waals surface area (Å²) in [6.07, 6.45) is 1.34. The van der Waals surface area contributed by atoms with E-state index in [0.29, 0.717) is 6.04 Å². The van der Waals surface area contributed by atoms with Crippen molar-refractivity contribution >= 4 is 0 Å². The van der Waals surface area contributed by atoms with Crippen molar-refractivity contribution in [2.75, 3.05) is 20.1 Å². The van der Waals surface area contributed by atoms with E-state index in [2.05, 4.69) is 62.3 Å². The molecule has 0 aliphatic carbocycles. The van der Waals surface area contributed by atoms with Gasteiger partial charge in [-0.1, -0.05) is 36.8 Å². The summed E-state index contributed by atoms with van der Waals surface area (Å²) < 4.78 is 0. The molecule has 0 spiro atoms. The molecule has 1 fully saturated rings. The van der Waals surface area contributed by atoms with Gasteiger partial charge in [-0.15, -0.1) is 0 Å². The largest absolute Gasteiger partial charge is 0.312 e. The predicted octanol–water partition coefficient (Wildman–Crippen LogP) is 2.99. The third-order valence-electron chi connectivity index (χ3n) is 4.16. The molecule has 2 heteroatoms. The number of nitrogens with one attached hydrogen (secondary N) is 1. The average Bonchev–Trinajstić information content (AvgIpc) is 2.66. The van der Waals surface area contributed by atoms with Gasteiger partial charge in [0.05, 0.1) is 0 Å². The zero-order valence-electron chi connectivity index (χ0n) is 12.1. The maximum atomic E-state index is 3.46. The standard InChI is InChI=1S/C16H26N2/c1-12-5-7-15(8-6-12)16(17-4)11-18-10-13(2)9-14(18)3/h5-8,13-14,16-17H,9-11H2,1-4H3. The molecule has 1 aliphatic rings. The molecule has 0 bridgehead atoms. The van der Waals surface area contributed by atoms with E-state index in [1.807, 2.05) is 0 Å². The zero-order valence-corrected chi connectivity index (χ0v) is 12.1. The van der Waals surface area contributed by atoms with E-state index in [1.54, 1.807) is 0 Å². The van der Waals surface area contributed by atoms with Crippen molar-refractivity contribution in [2.45, 2.75) is 39.3 Å². The highest BCUT2D eigenvalue weighted by atomic mass is 15.2. The molecule has 3 atom stereocenters. The van der Waals surface area contributed by atoms with Crippen LogP contribution in [0.3, 0.4) is 0 Å². The molecule has 2 nitrogen and oxygen atoms in total. The summed E-state index contributed by atoms with van der Waals surface area (Å²) in [5.41, 5.74) is 2.73. The fourth-order valence-corrected chi connectivity index (χ4v) is 3.04. The van der Waals surface area contributed by atoms with Crippen molar-refractivity contribution in [3.05, 3.63) is 35.4 Å². The molecule has 100 valence electrons. The second-order valence-electron chi connectivity index (χ2n) is 5.90. The quantitative estimate of drug-likeness (QED) is 0.878. The lowest BCUT2D eigenvalue weighted by molar-refractivity contribution is 0.238. The fraction of sp³-hybridized carbons (Fsp3) is 0.625. The van der Waals surface area contributed by atoms with Crippen LogP contribution in [-0.4, -0.2) is 31.1 Å². The van der Waals surface area contributed by atoms with Crippen LogP contribution in [-0.2, 0) is 0 Å². The number of hydrogen-bond donors (Lipinski definition) is 1. The van der Waals surface area contributed by atoms with Gasteiger partial charge < -0.3 is 5.32 Å². The molecule has 1 aliphatic heterocycles. The molecule has 0 saturated carbocycles. The van der Waals surface area contributed by atoms with Crippen molar-refractivity contribution in [3.63, 3.8) is 0 Å². The van der Waals surface area contributed by atoms with E-state index in [-0.39, 0.29) is 0 Å². The van der Waals surface area contributed by atoms with E-state index in [1.165, 1.54) is 24.1 Å². The second kappa shape index (κ2) is 5.85. The number of nitrogens with zero attached hydrogens (tertiary/aromatic N) is 1. The Morgan fingerprint density at radius 3 is 2.44 bits per heavy atom. The van der Waals surface area contributed by atoms with Crippen molar-refractivity contribution in [1.82, 2.24) is 10.2 Å². The Balaban J connectivity index is 2.03. The summed E-state index contributed by atoms with van der Waals surface area (Å²) in [6.45, 7) is 9.21. The first kappa shape index (κ1) is 13.6. The maximum Gasteiger partial charge on any atom is 0.0446 e. The lowest BCUT2D eigenvalue weighted by Gasteiger charge is -2.27. The molecular weight excluding hydrogens is 220 g/mol. The molecule has 18 heavy (non-hydrogen) atoms. The lowest BCUT2D eigenvalue weighted by Crippen LogP contribution is -2.36. The molecule has 1 aromatic carbocycles. The highest BCUT2D eigenvalue weighted by Crippen LogP contribution is 2.25. The van der Waals surface area contributed by atoms with Crippen LogP contribution in [0.2, 0.25) is 0 Å². The predicted molar refractivity (Wildman–Crippen MR) is 77.8 cm³/mol. The van der Waals surface area contributed by atoms with E-state index in [0.717, 1.165) is 18.5 Å². The number of rotatable bonds is 4. The Morgan fingerprint density at radius 1 is 1.28 bits per heavy atom. The minimum Gasteiger partial charge on any atom is -0.312 e. The Hall–Kier alpha value is -0.860. The van der Waals surface area contributed by atoms with Crippen molar-refractivity contribution in [1.29, 1.82) is 0 Å². The van der Waals surface area contributed by atoms with Crippen LogP contribution in [0.4, 0.5) is 0 Å². The first-order chi connectivity index (χ1) is 8.60. The molecular formula is C16H26N2. The molecule has 1 N–H and O–H groups in total. The Bertz CT molecular complexity index is 371. The number of aryl methyl sites for hydroxylation is 1. The zero-order chi connectivity index (χ0) is 13.1. The highest BCUT2D eigenvalue weighted by Gasteiger charge is 2.27. The fourth-order valence-electron chi connectivity index (χ4n) is 3.04. The summed E-state index contributed by atoms with van der Waals surface area (Å²) in [5.74, 6) is 0.843. The van der Waals surface area contributed by atoms with Gasteiger partial charge in [-0.05, 0) is 38.8 Å². The topological polar surface area (TPSA) is 15.3 Å². The second-order valence-corrected chi connectivity index (χ2v) is 5.90. The minimum absolute atomic E-state index is 0.443. The van der Waals surface area contributed by atoms with E-state index in [9.17, 15) is 0 Å². The molecule has 0 amide bonds. The normalized spacial score (nSPS) is 26.4. The Kier molecular flexibility index (Phi) is 4.41. The summed E-state index contributed by atoms with van der Waals surface area (Å²) in [4.78, 5) is 2.62. The summed E-state index contributed by atoms with van der Waals surface area (Å²) in [6, 6.07) is 10.1. The van der Waals surface area contributed by atoms with Crippen LogP contribution in [0, 0.1) is 12.8 Å². The van der Waals surface area contributed by atoms with Crippen molar-refractivity contribution in [2.24, 2.45) is 5.92 Å². The van der Waals surface area contributed by atoms with E-state index >= 15 is 0 Å². The number of hydrogen-bond acceptors (Lipinski definition) is 2. The molecule has 1 saturated heterocycles. The summed E-state index contributed by atoms with van der Waals surface area (Å²) in [7, 11) is 2.06. The van der Waals surface area contributed by atoms with Gasteiger partial charge in [0.1, 0.15) is 0 Å². The number of likely N-dealkylation sites (tertiary alicyclic amines) is 1. The van der Waals surface area contributed by atoms with Crippen LogP contribution < -0.4 is 5.32 Å². The SMILES string of the molecule is CNC(CN1CC(C)CC1C)c1ccc(C)cc1. The smallest absolute Gasteiger partial charge is 0.0446 e. The van der Waals surface area contributed by atoms with Gasteiger partial charge in [-0.3, -0.25) is 4.90 Å². The van der Waals surface area contributed by atoms with E-state index < -0.39 is 0 Å². The van der Waals surface area contributed by atoms with E-state index in [4.69, 9.17) is 0 Å². The average molecular weight is 246 g/mol. The molecule has 0 aromatic heterocycles. The van der Waals surface area contributed by atoms with Gasteiger partial charge in [-0.25, -0.2) is 0 Å². The minimum atomic E-state index is 0.443. The summed E-state index contributed by atoms with van der Waals surface area (Å²) in [5, 5.41) is 3.46. The number of likely N-dealkylation sites (N-methyl/N-ethyl adjacent to an activating group) is 1. The van der Waals surface area contributed by atoms with Crippen LogP contribution in [0.15, 0.2) is 24.3 Å². The molecule has 3 unspecified atom stereocenters. The molecule has 1 aromatic rings. The third kappa shape index (κ3) is 3.12. The third-order valence-corrected chi connectivity index (χ3v) is 4.16. The van der Waals surface area contributed by atoms with Gasteiger partial charge in [0.25, 0.3) is 0 Å². The van der Waals surface area contributed by atoms with Gasteiger partial charge in [0.15, 0.2) is 0 Å². The maximum absolute atomic E-state index is 3.46. The van der Waals surface area contributed by atoms with Crippen LogP contribution in [0.25, 0.3) is 0 Å². The van der Waals surface area contributed by atoms with Crippen molar-refractivity contribution < 1.29 is 0 Å². The van der Waals surface area contributed by atoms with Crippen molar-refractivity contribution in [3.8, 4) is 0 Å². The van der Waals surface area contributed by atoms with Gasteiger partial charge in [0, 0.05) is 25.2 Å². The molecule has 0 radical (unpaired) electrons. The molecule has 2 rings (SSSR count). The summed E-state index contributed by atoms with van der Waals surface area (Å²) >= 11 is 0. The monoisotopic (exact) mass is 246 g/mol. The van der Waals surface area contributed by atoms with Crippen LogP contribution in [0.1, 0.15) is 37.4 Å². The Labute approximate surface area is 111 Å². The first-order valence-corrected chi connectivity index (χ1v) is 7.08. The lowest BCUT2D eigenvalue weighted by atomic mass is 10.0. The van der Waals surface area contributed by atoms with Gasteiger partial charge >= 0.3 is 0 Å². The van der Waals surface area contributed by atoms with Crippen LogP contribution in [0.5, 0.6) is 0 Å². The number of benzene rings is 1. The van der Waals surface area contributed by atoms with Gasteiger partial charge in [-0.2, -0.15) is 0 Å². The Morgan fingerprint density at radius 2 is 1.94 bits per heavy atom. The molecule has 1 heterocycles.